The van der Waals surface area contributed by atoms with Gasteiger partial charge in [-0.1, -0.05) is 13.8 Å². The fourth-order valence-corrected chi connectivity index (χ4v) is 4.27. The Hall–Kier alpha value is -2.87. The highest BCUT2D eigenvalue weighted by atomic mass is 32.2. The first-order chi connectivity index (χ1) is 13.1. The van der Waals surface area contributed by atoms with E-state index in [0.29, 0.717) is 29.1 Å². The van der Waals surface area contributed by atoms with Crippen molar-refractivity contribution in [3.8, 4) is 17.1 Å². The van der Waals surface area contributed by atoms with Crippen molar-refractivity contribution in [1.82, 2.24) is 9.97 Å². The molecule has 1 amide bonds. The van der Waals surface area contributed by atoms with Crippen LogP contribution >= 0.6 is 0 Å². The molecule has 3 aromatic rings. The zero-order chi connectivity index (χ0) is 20.3. The lowest BCUT2D eigenvalue weighted by Crippen LogP contribution is -2.32. The minimum atomic E-state index is -3.34. The van der Waals surface area contributed by atoms with E-state index in [4.69, 9.17) is 4.74 Å². The molecule has 4 rings (SSSR count). The Morgan fingerprint density at radius 3 is 2.61 bits per heavy atom. The van der Waals surface area contributed by atoms with Crippen LogP contribution < -0.4 is 10.1 Å². The summed E-state index contributed by atoms with van der Waals surface area (Å²) in [7, 11) is -1.85. The number of anilines is 1. The maximum atomic E-state index is 12.0. The molecule has 0 unspecified atom stereocenters. The molecule has 1 aromatic heterocycles. The largest absolute Gasteiger partial charge is 0.496 e. The van der Waals surface area contributed by atoms with Crippen LogP contribution in [0.25, 0.3) is 22.4 Å². The molecule has 0 aliphatic carbocycles. The number of nitrogens with zero attached hydrogens (tertiary/aromatic N) is 1. The third kappa shape index (κ3) is 3.03. The number of benzene rings is 2. The Labute approximate surface area is 163 Å². The van der Waals surface area contributed by atoms with Crippen LogP contribution in [0, 0.1) is 0 Å². The van der Waals surface area contributed by atoms with Gasteiger partial charge in [-0.2, -0.15) is 0 Å². The fourth-order valence-electron chi connectivity index (χ4n) is 3.64. The molecular weight excluding hydrogens is 378 g/mol. The summed E-state index contributed by atoms with van der Waals surface area (Å²) < 4.78 is 29.0. The van der Waals surface area contributed by atoms with Crippen LogP contribution in [0.4, 0.5) is 5.69 Å². The topological polar surface area (TPSA) is 101 Å². The van der Waals surface area contributed by atoms with Gasteiger partial charge in [0.1, 0.15) is 11.6 Å². The number of hydrogen-bond donors (Lipinski definition) is 2. The maximum Gasteiger partial charge on any atom is 0.225 e. The molecule has 7 nitrogen and oxygen atoms in total. The highest BCUT2D eigenvalue weighted by Gasteiger charge is 2.32. The van der Waals surface area contributed by atoms with Crippen molar-refractivity contribution >= 4 is 32.5 Å². The average Bonchev–Trinajstić information content (AvgIpc) is 3.01. The zero-order valence-electron chi connectivity index (χ0n) is 16.1. The fraction of sp³-hybridized carbons (Fsp3) is 0.300. The molecule has 146 valence electrons. The number of hydrogen-bond acceptors (Lipinski definition) is 5. The molecule has 2 heterocycles. The normalized spacial score (nSPS) is 15.9. The first-order valence-electron chi connectivity index (χ1n) is 8.81. The Balaban J connectivity index is 1.86. The smallest absolute Gasteiger partial charge is 0.225 e. The van der Waals surface area contributed by atoms with Crippen molar-refractivity contribution in [2.75, 3.05) is 18.7 Å². The summed E-state index contributed by atoms with van der Waals surface area (Å²) in [4.78, 5) is 20.1. The number of carbonyl (C=O) groups is 1. The number of aromatic nitrogens is 2. The van der Waals surface area contributed by atoms with Gasteiger partial charge in [-0.3, -0.25) is 4.79 Å². The molecule has 1 aliphatic rings. The van der Waals surface area contributed by atoms with Crippen LogP contribution in [0.5, 0.6) is 5.75 Å². The average molecular weight is 399 g/mol. The first-order valence-corrected chi connectivity index (χ1v) is 10.7. The molecule has 0 spiro atoms. The molecule has 0 saturated heterocycles. The van der Waals surface area contributed by atoms with Gasteiger partial charge in [0, 0.05) is 23.8 Å². The molecule has 28 heavy (non-hydrogen) atoms. The van der Waals surface area contributed by atoms with E-state index in [1.54, 1.807) is 6.07 Å². The summed E-state index contributed by atoms with van der Waals surface area (Å²) in [6.45, 7) is 4.08. The van der Waals surface area contributed by atoms with Gasteiger partial charge in [0.05, 0.1) is 28.6 Å². The summed E-state index contributed by atoms with van der Waals surface area (Å²) in [6.07, 6.45) is 1.58. The number of nitrogens with one attached hydrogen (secondary N) is 2. The monoisotopic (exact) mass is 399 g/mol. The van der Waals surface area contributed by atoms with Crippen LogP contribution in [-0.2, 0) is 20.0 Å². The minimum Gasteiger partial charge on any atom is -0.496 e. The number of aromatic amines is 1. The SMILES string of the molecule is COc1cc(S(C)(=O)=O)ccc1-c1nc2cc3c(cc2[nH]1)C(C)(C)CC(=O)N3. The highest BCUT2D eigenvalue weighted by Crippen LogP contribution is 2.40. The number of amides is 1. The summed E-state index contributed by atoms with van der Waals surface area (Å²) >= 11 is 0. The number of H-pyrrole nitrogens is 1. The Morgan fingerprint density at radius 2 is 1.93 bits per heavy atom. The van der Waals surface area contributed by atoms with Crippen molar-refractivity contribution < 1.29 is 17.9 Å². The van der Waals surface area contributed by atoms with Gasteiger partial charge >= 0.3 is 0 Å². The minimum absolute atomic E-state index is 0.00866. The van der Waals surface area contributed by atoms with E-state index in [-0.39, 0.29) is 16.2 Å². The predicted octanol–water partition coefficient (Wildman–Crippen LogP) is 3.26. The lowest BCUT2D eigenvalue weighted by atomic mass is 9.78. The lowest BCUT2D eigenvalue weighted by molar-refractivity contribution is -0.117. The molecule has 8 heteroatoms. The second kappa shape index (κ2) is 6.07. The third-order valence-electron chi connectivity index (χ3n) is 5.08. The Bertz CT molecular complexity index is 1230. The van der Waals surface area contributed by atoms with Crippen molar-refractivity contribution in [3.05, 3.63) is 35.9 Å². The van der Waals surface area contributed by atoms with Gasteiger partial charge in [-0.05, 0) is 35.9 Å². The quantitative estimate of drug-likeness (QED) is 0.704. The summed E-state index contributed by atoms with van der Waals surface area (Å²) in [6, 6.07) is 8.58. The van der Waals surface area contributed by atoms with E-state index in [2.05, 4.69) is 15.3 Å². The zero-order valence-corrected chi connectivity index (χ0v) is 16.9. The van der Waals surface area contributed by atoms with E-state index >= 15 is 0 Å². The molecule has 1 aliphatic heterocycles. The van der Waals surface area contributed by atoms with E-state index in [0.717, 1.165) is 23.0 Å². The van der Waals surface area contributed by atoms with Crippen LogP contribution in [0.1, 0.15) is 25.8 Å². The molecule has 0 radical (unpaired) electrons. The molecule has 0 atom stereocenters. The van der Waals surface area contributed by atoms with Crippen molar-refractivity contribution in [1.29, 1.82) is 0 Å². The third-order valence-corrected chi connectivity index (χ3v) is 6.19. The molecule has 2 aromatic carbocycles. The number of sulfone groups is 1. The highest BCUT2D eigenvalue weighted by molar-refractivity contribution is 7.90. The van der Waals surface area contributed by atoms with Gasteiger partial charge in [0.15, 0.2) is 9.84 Å². The Morgan fingerprint density at radius 1 is 1.18 bits per heavy atom. The second-order valence-electron chi connectivity index (χ2n) is 7.74. The summed E-state index contributed by atoms with van der Waals surface area (Å²) in [5, 5.41) is 2.92. The molecule has 0 saturated carbocycles. The van der Waals surface area contributed by atoms with Crippen molar-refractivity contribution in [2.45, 2.75) is 30.6 Å². The van der Waals surface area contributed by atoms with Crippen LogP contribution in [0.15, 0.2) is 35.2 Å². The van der Waals surface area contributed by atoms with Crippen molar-refractivity contribution in [3.63, 3.8) is 0 Å². The maximum absolute atomic E-state index is 12.0. The number of fused-ring (bicyclic) bond motifs is 2. The van der Waals surface area contributed by atoms with E-state index < -0.39 is 9.84 Å². The number of ether oxygens (including phenoxy) is 1. The molecule has 0 fully saturated rings. The predicted molar refractivity (Wildman–Crippen MR) is 107 cm³/mol. The van der Waals surface area contributed by atoms with Gasteiger partial charge in [-0.15, -0.1) is 0 Å². The number of imidazole rings is 1. The lowest BCUT2D eigenvalue weighted by Gasteiger charge is -2.31. The molecular formula is C20H21N3O4S. The summed E-state index contributed by atoms with van der Waals surface area (Å²) in [5.74, 6) is 0.976. The van der Waals surface area contributed by atoms with E-state index in [1.807, 2.05) is 26.0 Å². The van der Waals surface area contributed by atoms with Crippen LogP contribution in [0.3, 0.4) is 0 Å². The molecule has 0 bridgehead atoms. The summed E-state index contributed by atoms with van der Waals surface area (Å²) in [5.41, 5.74) is 3.76. The standard InChI is InChI=1S/C20H21N3O4S/c1-20(2)10-18(24)21-14-9-16-15(8-13(14)20)22-19(23-16)12-6-5-11(28(4,25)26)7-17(12)27-3/h5-9H,10H2,1-4H3,(H,21,24)(H,22,23). The van der Waals surface area contributed by atoms with Crippen LogP contribution in [0.2, 0.25) is 0 Å². The Kier molecular flexibility index (Phi) is 4.01. The van der Waals surface area contributed by atoms with Gasteiger partial charge in [0.25, 0.3) is 0 Å². The second-order valence-corrected chi connectivity index (χ2v) is 9.76. The van der Waals surface area contributed by atoms with Gasteiger partial charge in [-0.25, -0.2) is 13.4 Å². The van der Waals surface area contributed by atoms with Gasteiger partial charge < -0.3 is 15.0 Å². The van der Waals surface area contributed by atoms with E-state index in [9.17, 15) is 13.2 Å². The first kappa shape index (κ1) is 18.5. The molecule has 2 N–H and O–H groups in total. The number of rotatable bonds is 3. The van der Waals surface area contributed by atoms with Crippen molar-refractivity contribution in [2.24, 2.45) is 0 Å². The van der Waals surface area contributed by atoms with E-state index in [1.165, 1.54) is 19.2 Å². The number of methoxy groups -OCH3 is 1. The number of carbonyl (C=O) groups excluding carboxylic acids is 1. The van der Waals surface area contributed by atoms with Gasteiger partial charge in [0.2, 0.25) is 5.91 Å². The van der Waals surface area contributed by atoms with Crippen LogP contribution in [-0.4, -0.2) is 37.7 Å².